The van der Waals surface area contributed by atoms with E-state index in [0.717, 1.165) is 15.9 Å². The second-order valence-electron chi connectivity index (χ2n) is 4.41. The van der Waals surface area contributed by atoms with Crippen LogP contribution in [0.15, 0.2) is 16.6 Å². The van der Waals surface area contributed by atoms with Crippen LogP contribution in [0.25, 0.3) is 0 Å². The van der Waals surface area contributed by atoms with Crippen LogP contribution in [0.3, 0.4) is 0 Å². The van der Waals surface area contributed by atoms with E-state index in [9.17, 15) is 4.79 Å². The zero-order valence-corrected chi connectivity index (χ0v) is 14.4. The van der Waals surface area contributed by atoms with Crippen LogP contribution in [0.5, 0.6) is 0 Å². The van der Waals surface area contributed by atoms with E-state index in [2.05, 4.69) is 21.0 Å². The number of halogens is 3. The maximum absolute atomic E-state index is 12.1. The van der Waals surface area contributed by atoms with Gasteiger partial charge in [0.15, 0.2) is 0 Å². The summed E-state index contributed by atoms with van der Waals surface area (Å²) in [7, 11) is 1.77. The van der Waals surface area contributed by atoms with Gasteiger partial charge in [-0.05, 0) is 35.0 Å². The summed E-state index contributed by atoms with van der Waals surface area (Å²) in [4.78, 5) is 12.1. The van der Waals surface area contributed by atoms with Gasteiger partial charge in [-0.15, -0.1) is 0 Å². The number of aryl methyl sites for hydroxylation is 2. The SMILES string of the molecule is Cc1nn(C)c(COC(=O)c2cc(N)cc(Cl)c2Cl)c1Br. The molecule has 0 saturated heterocycles. The van der Waals surface area contributed by atoms with Crippen LogP contribution in [0.2, 0.25) is 10.0 Å². The summed E-state index contributed by atoms with van der Waals surface area (Å²) >= 11 is 15.3. The van der Waals surface area contributed by atoms with Crippen molar-refractivity contribution >= 4 is 50.8 Å². The van der Waals surface area contributed by atoms with Crippen molar-refractivity contribution in [3.63, 3.8) is 0 Å². The van der Waals surface area contributed by atoms with Crippen molar-refractivity contribution in [2.24, 2.45) is 7.05 Å². The monoisotopic (exact) mass is 391 g/mol. The van der Waals surface area contributed by atoms with E-state index in [1.165, 1.54) is 12.1 Å². The van der Waals surface area contributed by atoms with Gasteiger partial charge in [-0.25, -0.2) is 4.79 Å². The van der Waals surface area contributed by atoms with Gasteiger partial charge < -0.3 is 10.5 Å². The van der Waals surface area contributed by atoms with E-state index in [1.807, 2.05) is 6.92 Å². The summed E-state index contributed by atoms with van der Waals surface area (Å²) in [5, 5.41) is 4.55. The van der Waals surface area contributed by atoms with Crippen LogP contribution in [0.4, 0.5) is 5.69 Å². The third kappa shape index (κ3) is 3.33. The van der Waals surface area contributed by atoms with Crippen LogP contribution < -0.4 is 5.73 Å². The summed E-state index contributed by atoms with van der Waals surface area (Å²) in [5.41, 5.74) is 7.69. The average Bonchev–Trinajstić information content (AvgIpc) is 2.65. The Bertz CT molecular complexity index is 716. The maximum atomic E-state index is 12.1. The van der Waals surface area contributed by atoms with Crippen LogP contribution in [0, 0.1) is 6.92 Å². The molecule has 0 saturated carbocycles. The lowest BCUT2D eigenvalue weighted by Gasteiger charge is -2.09. The fourth-order valence-corrected chi connectivity index (χ4v) is 2.67. The van der Waals surface area contributed by atoms with Crippen LogP contribution in [-0.2, 0) is 18.4 Å². The molecule has 0 aliphatic rings. The summed E-state index contributed by atoms with van der Waals surface area (Å²) in [6.07, 6.45) is 0. The molecule has 8 heteroatoms. The number of rotatable bonds is 3. The molecule has 1 aromatic heterocycles. The molecule has 21 heavy (non-hydrogen) atoms. The van der Waals surface area contributed by atoms with E-state index in [-0.39, 0.29) is 22.2 Å². The fourth-order valence-electron chi connectivity index (χ4n) is 1.81. The number of esters is 1. The quantitative estimate of drug-likeness (QED) is 0.638. The Morgan fingerprint density at radius 3 is 2.71 bits per heavy atom. The molecule has 0 spiro atoms. The molecule has 2 N–H and O–H groups in total. The summed E-state index contributed by atoms with van der Waals surface area (Å²) < 4.78 is 7.69. The average molecular weight is 393 g/mol. The Labute approximate surface area is 140 Å². The van der Waals surface area contributed by atoms with E-state index in [0.29, 0.717) is 5.69 Å². The van der Waals surface area contributed by atoms with Crippen LogP contribution in [-0.4, -0.2) is 15.7 Å². The van der Waals surface area contributed by atoms with E-state index in [1.54, 1.807) is 11.7 Å². The number of benzene rings is 1. The maximum Gasteiger partial charge on any atom is 0.340 e. The molecular weight excluding hydrogens is 381 g/mol. The zero-order valence-electron chi connectivity index (χ0n) is 11.3. The number of ether oxygens (including phenoxy) is 1. The first-order chi connectivity index (χ1) is 9.81. The van der Waals surface area contributed by atoms with Crippen molar-refractivity contribution in [1.29, 1.82) is 0 Å². The first kappa shape index (κ1) is 16.1. The molecule has 112 valence electrons. The molecular formula is C13H12BrCl2N3O2. The fraction of sp³-hybridized carbons (Fsp3) is 0.231. The molecule has 2 rings (SSSR count). The molecule has 1 heterocycles. The molecule has 0 bridgehead atoms. The Morgan fingerprint density at radius 1 is 1.48 bits per heavy atom. The normalized spacial score (nSPS) is 10.7. The number of nitrogens with two attached hydrogens (primary N) is 1. The van der Waals surface area contributed by atoms with Crippen LogP contribution in [0.1, 0.15) is 21.7 Å². The minimum Gasteiger partial charge on any atom is -0.456 e. The van der Waals surface area contributed by atoms with Crippen molar-refractivity contribution < 1.29 is 9.53 Å². The third-order valence-electron chi connectivity index (χ3n) is 2.87. The highest BCUT2D eigenvalue weighted by Crippen LogP contribution is 2.29. The smallest absolute Gasteiger partial charge is 0.340 e. The predicted molar refractivity (Wildman–Crippen MR) is 85.6 cm³/mol. The largest absolute Gasteiger partial charge is 0.456 e. The van der Waals surface area contributed by atoms with E-state index >= 15 is 0 Å². The number of hydrogen-bond acceptors (Lipinski definition) is 4. The van der Waals surface area contributed by atoms with E-state index in [4.69, 9.17) is 33.7 Å². The van der Waals surface area contributed by atoms with Gasteiger partial charge in [0.2, 0.25) is 0 Å². The number of carbonyl (C=O) groups is 1. The molecule has 0 unspecified atom stereocenters. The molecule has 0 amide bonds. The van der Waals surface area contributed by atoms with Gasteiger partial charge in [0.1, 0.15) is 6.61 Å². The number of nitrogens with zero attached hydrogens (tertiary/aromatic N) is 2. The number of nitrogen functional groups attached to an aromatic ring is 1. The lowest BCUT2D eigenvalue weighted by Crippen LogP contribution is -2.09. The molecule has 0 fully saturated rings. The van der Waals surface area contributed by atoms with Crippen LogP contribution >= 0.6 is 39.1 Å². The molecule has 0 radical (unpaired) electrons. The first-order valence-electron chi connectivity index (χ1n) is 5.91. The Balaban J connectivity index is 2.19. The van der Waals surface area contributed by atoms with Gasteiger partial charge in [0, 0.05) is 12.7 Å². The second-order valence-corrected chi connectivity index (χ2v) is 5.99. The van der Waals surface area contributed by atoms with Gasteiger partial charge in [0.05, 0.1) is 31.5 Å². The van der Waals surface area contributed by atoms with Gasteiger partial charge in [-0.2, -0.15) is 5.10 Å². The molecule has 2 aromatic rings. The topological polar surface area (TPSA) is 70.1 Å². The van der Waals surface area contributed by atoms with Crippen molar-refractivity contribution in [3.8, 4) is 0 Å². The highest BCUT2D eigenvalue weighted by molar-refractivity contribution is 9.10. The number of aromatic nitrogens is 2. The molecule has 0 aliphatic heterocycles. The molecule has 5 nitrogen and oxygen atoms in total. The highest BCUT2D eigenvalue weighted by atomic mass is 79.9. The van der Waals surface area contributed by atoms with Crippen molar-refractivity contribution in [2.75, 3.05) is 5.73 Å². The summed E-state index contributed by atoms with van der Waals surface area (Å²) in [6, 6.07) is 2.90. The zero-order chi connectivity index (χ0) is 15.7. The van der Waals surface area contributed by atoms with Crippen molar-refractivity contribution in [2.45, 2.75) is 13.5 Å². The Morgan fingerprint density at radius 2 is 2.14 bits per heavy atom. The highest BCUT2D eigenvalue weighted by Gasteiger charge is 2.18. The second kappa shape index (κ2) is 6.25. The minimum atomic E-state index is -0.597. The van der Waals surface area contributed by atoms with Crippen molar-refractivity contribution in [3.05, 3.63) is 43.6 Å². The lowest BCUT2D eigenvalue weighted by molar-refractivity contribution is 0.0463. The first-order valence-corrected chi connectivity index (χ1v) is 7.45. The summed E-state index contributed by atoms with van der Waals surface area (Å²) in [6.45, 7) is 1.91. The molecule has 1 aromatic carbocycles. The van der Waals surface area contributed by atoms with E-state index < -0.39 is 5.97 Å². The Kier molecular flexibility index (Phi) is 4.81. The number of anilines is 1. The number of hydrogen-bond donors (Lipinski definition) is 1. The van der Waals surface area contributed by atoms with Gasteiger partial charge in [-0.3, -0.25) is 4.68 Å². The van der Waals surface area contributed by atoms with Crippen molar-refractivity contribution in [1.82, 2.24) is 9.78 Å². The molecule has 0 atom stereocenters. The lowest BCUT2D eigenvalue weighted by atomic mass is 10.2. The van der Waals surface area contributed by atoms with Gasteiger partial charge in [-0.1, -0.05) is 23.2 Å². The standard InChI is InChI=1S/C13H12BrCl2N3O2/c1-6-11(14)10(19(2)18-6)5-21-13(20)8-3-7(17)4-9(15)12(8)16/h3-4H,5,17H2,1-2H3. The number of carbonyl (C=O) groups excluding carboxylic acids is 1. The predicted octanol–water partition coefficient (Wildman–Crippen LogP) is 3.74. The molecule has 0 aliphatic carbocycles. The third-order valence-corrected chi connectivity index (χ3v) is 4.71. The van der Waals surface area contributed by atoms with Gasteiger partial charge in [0.25, 0.3) is 0 Å². The summed E-state index contributed by atoms with van der Waals surface area (Å²) in [5.74, 6) is -0.597. The minimum absolute atomic E-state index is 0.0551. The Hall–Kier alpha value is -1.24. The van der Waals surface area contributed by atoms with Gasteiger partial charge >= 0.3 is 5.97 Å².